The number of nitrogens with one attached hydrogen (secondary N) is 2. The number of rotatable bonds is 9. The Kier molecular flexibility index (Phi) is 7.79. The molecule has 0 saturated heterocycles. The van der Waals surface area contributed by atoms with E-state index in [1.165, 1.54) is 0 Å². The van der Waals surface area contributed by atoms with Gasteiger partial charge in [0.25, 0.3) is 5.91 Å². The molecule has 0 aliphatic carbocycles. The number of amides is 1. The molecular formula is C28H31N9O. The molecule has 0 unspecified atom stereocenters. The number of hydrogen-bond donors (Lipinski definition) is 2. The Bertz CT molecular complexity index is 1480. The molecular weight excluding hydrogens is 478 g/mol. The quantitative estimate of drug-likeness (QED) is 0.346. The lowest BCUT2D eigenvalue weighted by Crippen LogP contribution is -2.20. The summed E-state index contributed by atoms with van der Waals surface area (Å²) < 4.78 is 1.63. The van der Waals surface area contributed by atoms with Gasteiger partial charge in [0.05, 0.1) is 46.6 Å². The number of aromatic nitrogens is 5. The first-order valence-corrected chi connectivity index (χ1v) is 12.2. The van der Waals surface area contributed by atoms with Crippen molar-refractivity contribution in [2.75, 3.05) is 37.8 Å². The zero-order valence-electron chi connectivity index (χ0n) is 22.2. The standard InChI is InChI=1S/C28H31N9O/c1-19-26(37-17-25(34-35-37)21-12-23(15-30-14-21)31-9-10-36(4)5)13-24(16-32-19)33-27(38)20-7-6-8-22(11-20)28(2,3)18-29/h6-8,11-17,31H,9-10H2,1-5H3,(H,33,38). The highest BCUT2D eigenvalue weighted by molar-refractivity contribution is 6.04. The Morgan fingerprint density at radius 2 is 1.95 bits per heavy atom. The second-order valence-corrected chi connectivity index (χ2v) is 9.84. The van der Waals surface area contributed by atoms with E-state index in [1.54, 1.807) is 47.5 Å². The average molecular weight is 510 g/mol. The van der Waals surface area contributed by atoms with Crippen molar-refractivity contribution in [3.05, 3.63) is 78.0 Å². The van der Waals surface area contributed by atoms with Gasteiger partial charge in [-0.05, 0) is 64.7 Å². The number of benzene rings is 1. The van der Waals surface area contributed by atoms with Gasteiger partial charge in [-0.1, -0.05) is 17.3 Å². The van der Waals surface area contributed by atoms with Gasteiger partial charge in [-0.3, -0.25) is 14.8 Å². The van der Waals surface area contributed by atoms with Crippen molar-refractivity contribution in [1.29, 1.82) is 5.26 Å². The van der Waals surface area contributed by atoms with Crippen LogP contribution in [-0.4, -0.2) is 63.0 Å². The molecule has 1 amide bonds. The largest absolute Gasteiger partial charge is 0.382 e. The summed E-state index contributed by atoms with van der Waals surface area (Å²) in [6, 6.07) is 13.1. The van der Waals surface area contributed by atoms with Crippen LogP contribution in [-0.2, 0) is 5.41 Å². The van der Waals surface area contributed by atoms with Crippen molar-refractivity contribution in [2.45, 2.75) is 26.2 Å². The van der Waals surface area contributed by atoms with Crippen LogP contribution in [0.5, 0.6) is 0 Å². The maximum Gasteiger partial charge on any atom is 0.255 e. The van der Waals surface area contributed by atoms with E-state index in [0.717, 1.165) is 35.6 Å². The van der Waals surface area contributed by atoms with Gasteiger partial charge in [-0.15, -0.1) is 5.10 Å². The molecule has 3 heterocycles. The van der Waals surface area contributed by atoms with E-state index >= 15 is 0 Å². The van der Waals surface area contributed by atoms with Crippen LogP contribution in [0.1, 0.15) is 35.5 Å². The number of hydrogen-bond acceptors (Lipinski definition) is 8. The summed E-state index contributed by atoms with van der Waals surface area (Å²) in [5.41, 5.74) is 4.89. The van der Waals surface area contributed by atoms with Crippen LogP contribution in [0.2, 0.25) is 0 Å². The van der Waals surface area contributed by atoms with Gasteiger partial charge in [-0.25, -0.2) is 4.68 Å². The molecule has 2 N–H and O–H groups in total. The zero-order valence-corrected chi connectivity index (χ0v) is 22.2. The molecule has 0 aliphatic heterocycles. The molecule has 4 aromatic rings. The van der Waals surface area contributed by atoms with E-state index < -0.39 is 5.41 Å². The number of aryl methyl sites for hydroxylation is 1. The Morgan fingerprint density at radius 3 is 2.71 bits per heavy atom. The second kappa shape index (κ2) is 11.2. The zero-order chi connectivity index (χ0) is 27.3. The topological polar surface area (TPSA) is 125 Å². The summed E-state index contributed by atoms with van der Waals surface area (Å²) in [5, 5.41) is 24.3. The number of likely N-dealkylation sites (N-methyl/N-ethyl adjacent to an activating group) is 1. The molecule has 0 radical (unpaired) electrons. The van der Waals surface area contributed by atoms with Gasteiger partial charge in [-0.2, -0.15) is 5.26 Å². The predicted octanol–water partition coefficient (Wildman–Crippen LogP) is 4.06. The van der Waals surface area contributed by atoms with Crippen molar-refractivity contribution in [1.82, 2.24) is 29.9 Å². The predicted molar refractivity (Wildman–Crippen MR) is 147 cm³/mol. The van der Waals surface area contributed by atoms with Crippen LogP contribution in [0.3, 0.4) is 0 Å². The van der Waals surface area contributed by atoms with Crippen LogP contribution in [0.25, 0.3) is 16.9 Å². The lowest BCUT2D eigenvalue weighted by molar-refractivity contribution is 0.102. The van der Waals surface area contributed by atoms with Crippen LogP contribution in [0, 0.1) is 18.3 Å². The Morgan fingerprint density at radius 1 is 1.13 bits per heavy atom. The molecule has 0 fully saturated rings. The molecule has 3 aromatic heterocycles. The van der Waals surface area contributed by atoms with E-state index in [4.69, 9.17) is 0 Å². The number of carbonyl (C=O) groups excluding carboxylic acids is 1. The summed E-state index contributed by atoms with van der Waals surface area (Å²) in [6.07, 6.45) is 6.93. The Balaban J connectivity index is 1.53. The normalized spacial score (nSPS) is 11.3. The molecule has 0 saturated carbocycles. The highest BCUT2D eigenvalue weighted by Gasteiger charge is 2.21. The van der Waals surface area contributed by atoms with Crippen LogP contribution < -0.4 is 10.6 Å². The van der Waals surface area contributed by atoms with Gasteiger partial charge in [0.2, 0.25) is 0 Å². The average Bonchev–Trinajstić information content (AvgIpc) is 3.40. The lowest BCUT2D eigenvalue weighted by Gasteiger charge is -2.16. The Hall–Kier alpha value is -4.62. The molecule has 4 rings (SSSR count). The minimum atomic E-state index is -0.697. The monoisotopic (exact) mass is 509 g/mol. The van der Waals surface area contributed by atoms with Crippen LogP contribution >= 0.6 is 0 Å². The number of nitriles is 1. The SMILES string of the molecule is Cc1ncc(NC(=O)c2cccc(C(C)(C)C#N)c2)cc1-n1cc(-c2cncc(NCCN(C)C)c2)nn1. The fraction of sp³-hybridized carbons (Fsp3) is 0.286. The number of pyridine rings is 2. The molecule has 194 valence electrons. The smallest absolute Gasteiger partial charge is 0.255 e. The fourth-order valence-electron chi connectivity index (χ4n) is 3.75. The lowest BCUT2D eigenvalue weighted by atomic mass is 9.85. The Labute approximate surface area is 222 Å². The highest BCUT2D eigenvalue weighted by Crippen LogP contribution is 2.25. The minimum absolute atomic E-state index is 0.291. The third kappa shape index (κ3) is 6.19. The van der Waals surface area contributed by atoms with Crippen LogP contribution in [0.15, 0.2) is 61.2 Å². The minimum Gasteiger partial charge on any atom is -0.382 e. The van der Waals surface area contributed by atoms with Crippen molar-refractivity contribution in [3.8, 4) is 23.0 Å². The summed E-state index contributed by atoms with van der Waals surface area (Å²) in [4.78, 5) is 23.9. The van der Waals surface area contributed by atoms with E-state index in [-0.39, 0.29) is 5.91 Å². The maximum absolute atomic E-state index is 13.0. The van der Waals surface area contributed by atoms with Gasteiger partial charge in [0, 0.05) is 36.6 Å². The summed E-state index contributed by atoms with van der Waals surface area (Å²) in [7, 11) is 4.06. The molecule has 10 nitrogen and oxygen atoms in total. The van der Waals surface area contributed by atoms with Crippen molar-refractivity contribution >= 4 is 17.3 Å². The summed E-state index contributed by atoms with van der Waals surface area (Å²) in [5.74, 6) is -0.291. The van der Waals surface area contributed by atoms with Crippen molar-refractivity contribution < 1.29 is 4.79 Å². The van der Waals surface area contributed by atoms with Gasteiger partial charge in [0.15, 0.2) is 0 Å². The first-order chi connectivity index (χ1) is 18.2. The van der Waals surface area contributed by atoms with Crippen molar-refractivity contribution in [3.63, 3.8) is 0 Å². The second-order valence-electron chi connectivity index (χ2n) is 9.84. The van der Waals surface area contributed by atoms with Gasteiger partial charge in [0.1, 0.15) is 5.69 Å². The first kappa shape index (κ1) is 26.4. The third-order valence-corrected chi connectivity index (χ3v) is 6.11. The molecule has 0 spiro atoms. The van der Waals surface area contributed by atoms with E-state index in [9.17, 15) is 10.1 Å². The molecule has 0 aliphatic rings. The number of nitrogens with zero attached hydrogens (tertiary/aromatic N) is 7. The third-order valence-electron chi connectivity index (χ3n) is 6.11. The molecule has 1 aromatic carbocycles. The number of carbonyl (C=O) groups is 1. The molecule has 0 atom stereocenters. The first-order valence-electron chi connectivity index (χ1n) is 12.2. The fourth-order valence-corrected chi connectivity index (χ4v) is 3.75. The molecule has 0 bridgehead atoms. The van der Waals surface area contributed by atoms with E-state index in [1.807, 2.05) is 53.2 Å². The number of anilines is 2. The highest BCUT2D eigenvalue weighted by atomic mass is 16.1. The van der Waals surface area contributed by atoms with E-state index in [0.29, 0.717) is 22.6 Å². The molecule has 38 heavy (non-hydrogen) atoms. The van der Waals surface area contributed by atoms with Gasteiger partial charge < -0.3 is 15.5 Å². The summed E-state index contributed by atoms with van der Waals surface area (Å²) in [6.45, 7) is 7.21. The molecule has 10 heteroatoms. The maximum atomic E-state index is 13.0. The van der Waals surface area contributed by atoms with Crippen LogP contribution in [0.4, 0.5) is 11.4 Å². The summed E-state index contributed by atoms with van der Waals surface area (Å²) >= 11 is 0. The van der Waals surface area contributed by atoms with Gasteiger partial charge >= 0.3 is 0 Å². The van der Waals surface area contributed by atoms with E-state index in [2.05, 4.69) is 41.9 Å². The van der Waals surface area contributed by atoms with Crippen molar-refractivity contribution in [2.24, 2.45) is 0 Å².